The molecule has 0 bridgehead atoms. The number of carbonyl (C=O) groups excluding carboxylic acids is 2. The van der Waals surface area contributed by atoms with Crippen molar-refractivity contribution >= 4 is 41.1 Å². The molecule has 0 radical (unpaired) electrons. The molecule has 2 aliphatic rings. The summed E-state index contributed by atoms with van der Waals surface area (Å²) in [4.78, 5) is 43.7. The summed E-state index contributed by atoms with van der Waals surface area (Å²) >= 11 is 12.7. The predicted octanol–water partition coefficient (Wildman–Crippen LogP) is 4.02. The summed E-state index contributed by atoms with van der Waals surface area (Å²) in [5, 5.41) is 6.57. The number of hydrogen-bond donors (Lipinski definition) is 3. The number of piperazine rings is 1. The molecular weight excluding hydrogens is 629 g/mol. The van der Waals surface area contributed by atoms with Crippen LogP contribution in [0.15, 0.2) is 42.7 Å². The number of halogens is 2. The van der Waals surface area contributed by atoms with Gasteiger partial charge in [0.1, 0.15) is 0 Å². The van der Waals surface area contributed by atoms with Gasteiger partial charge in [0.15, 0.2) is 5.75 Å². The van der Waals surface area contributed by atoms with Crippen LogP contribution >= 0.6 is 23.2 Å². The van der Waals surface area contributed by atoms with Gasteiger partial charge >= 0.3 is 6.03 Å². The Bertz CT molecular complexity index is 1470. The minimum atomic E-state index is -0.279. The number of carbonyl (C=O) groups is 2. The number of likely N-dealkylation sites (tertiary alicyclic amines) is 1. The third-order valence-electron chi connectivity index (χ3n) is 8.42. The average molecular weight is 671 g/mol. The molecule has 2 fully saturated rings. The van der Waals surface area contributed by atoms with Gasteiger partial charge in [-0.2, -0.15) is 0 Å². The van der Waals surface area contributed by atoms with Crippen molar-refractivity contribution in [2.75, 3.05) is 64.3 Å². The van der Waals surface area contributed by atoms with Crippen LogP contribution in [0.4, 0.5) is 10.7 Å². The molecule has 0 spiro atoms. The fourth-order valence-electron chi connectivity index (χ4n) is 5.74. The minimum Gasteiger partial charge on any atom is -0.436 e. The number of piperidine rings is 1. The van der Waals surface area contributed by atoms with Gasteiger partial charge in [-0.1, -0.05) is 30.1 Å². The van der Waals surface area contributed by atoms with Crippen LogP contribution in [0.25, 0.3) is 11.3 Å². The lowest BCUT2D eigenvalue weighted by Gasteiger charge is -2.35. The van der Waals surface area contributed by atoms with Crippen molar-refractivity contribution in [3.63, 3.8) is 0 Å². The van der Waals surface area contributed by atoms with Gasteiger partial charge in [-0.3, -0.25) is 14.6 Å². The van der Waals surface area contributed by atoms with E-state index in [0.717, 1.165) is 69.8 Å². The van der Waals surface area contributed by atoms with E-state index < -0.39 is 0 Å². The molecule has 4 N–H and O–H groups in total. The smallest absolute Gasteiger partial charge is 0.314 e. The molecule has 1 aromatic carbocycles. The minimum absolute atomic E-state index is 0.147. The first-order valence-corrected chi connectivity index (χ1v) is 16.3. The van der Waals surface area contributed by atoms with Gasteiger partial charge in [-0.15, -0.1) is 0 Å². The normalized spacial score (nSPS) is 17.0. The Morgan fingerprint density at radius 1 is 0.978 bits per heavy atom. The fraction of sp³-hybridized carbons (Fsp3) is 0.469. The second-order valence-corrected chi connectivity index (χ2v) is 12.8. The van der Waals surface area contributed by atoms with E-state index in [1.807, 2.05) is 31.2 Å². The lowest BCUT2D eigenvalue weighted by Crippen LogP contribution is -2.49. The molecule has 5 rings (SSSR count). The lowest BCUT2D eigenvalue weighted by molar-refractivity contribution is -0.121. The van der Waals surface area contributed by atoms with Gasteiger partial charge in [-0.25, -0.2) is 19.7 Å². The maximum atomic E-state index is 11.6. The molecule has 0 aliphatic carbocycles. The monoisotopic (exact) mass is 669 g/mol. The SMILES string of the molecule is CNC(=O)NCC1CCN(Cc2cc(Oc3cnc(N4CCN(CC(C)C(N)=O)CC4)nc3)nc(-c3cc(Cl)cc(Cl)c3)c2)CC1. The number of nitrogens with one attached hydrogen (secondary N) is 2. The highest BCUT2D eigenvalue weighted by Crippen LogP contribution is 2.31. The number of rotatable bonds is 11. The summed E-state index contributed by atoms with van der Waals surface area (Å²) in [6.07, 6.45) is 5.32. The van der Waals surface area contributed by atoms with E-state index in [9.17, 15) is 9.59 Å². The van der Waals surface area contributed by atoms with Gasteiger partial charge in [0.05, 0.1) is 18.1 Å². The molecule has 0 saturated carbocycles. The molecule has 1 atom stereocenters. The van der Waals surface area contributed by atoms with Crippen LogP contribution in [0.5, 0.6) is 11.6 Å². The molecule has 12 nitrogen and oxygen atoms in total. The molecule has 14 heteroatoms. The summed E-state index contributed by atoms with van der Waals surface area (Å²) < 4.78 is 6.20. The van der Waals surface area contributed by atoms with E-state index in [1.54, 1.807) is 25.5 Å². The average Bonchev–Trinajstić information content (AvgIpc) is 3.04. The van der Waals surface area contributed by atoms with Crippen LogP contribution in [-0.2, 0) is 11.3 Å². The number of amides is 3. The molecular formula is C32H41Cl2N9O3. The number of pyridine rings is 1. The molecule has 2 saturated heterocycles. The van der Waals surface area contributed by atoms with Gasteiger partial charge < -0.3 is 26.0 Å². The second-order valence-electron chi connectivity index (χ2n) is 11.9. The zero-order chi connectivity index (χ0) is 32.6. The highest BCUT2D eigenvalue weighted by Gasteiger charge is 2.23. The van der Waals surface area contributed by atoms with E-state index in [2.05, 4.69) is 35.3 Å². The highest BCUT2D eigenvalue weighted by molar-refractivity contribution is 6.35. The summed E-state index contributed by atoms with van der Waals surface area (Å²) in [6.45, 7) is 8.85. The number of ether oxygens (including phenoxy) is 1. The van der Waals surface area contributed by atoms with Crippen LogP contribution in [0.2, 0.25) is 10.0 Å². The number of primary amides is 1. The topological polar surface area (TPSA) is 142 Å². The number of urea groups is 1. The third kappa shape index (κ3) is 9.41. The van der Waals surface area contributed by atoms with Crippen LogP contribution in [0, 0.1) is 11.8 Å². The molecule has 246 valence electrons. The van der Waals surface area contributed by atoms with E-state index in [4.69, 9.17) is 38.7 Å². The number of nitrogens with zero attached hydrogens (tertiary/aromatic N) is 6. The van der Waals surface area contributed by atoms with Gasteiger partial charge in [0.2, 0.25) is 17.7 Å². The predicted molar refractivity (Wildman–Crippen MR) is 179 cm³/mol. The first kappa shape index (κ1) is 33.6. The molecule has 46 heavy (non-hydrogen) atoms. The standard InChI is InChI=1S/C32H41Cl2N9O3/c1-21(30(35)44)19-42-7-9-43(10-8-42)31-37-17-27(18-38-31)46-29-12-23(11-28(40-29)24-13-25(33)15-26(34)14-24)20-41-5-3-22(4-6-41)16-39-32(45)36-2/h11-15,17-18,21-22H,3-10,16,19-20H2,1-2H3,(H2,35,44)(H2,36,39,45). The summed E-state index contributed by atoms with van der Waals surface area (Å²) in [5.41, 5.74) is 7.96. The van der Waals surface area contributed by atoms with E-state index in [1.165, 1.54) is 0 Å². The van der Waals surface area contributed by atoms with Gasteiger partial charge in [0, 0.05) is 80.5 Å². The van der Waals surface area contributed by atoms with Crippen molar-refractivity contribution in [1.82, 2.24) is 35.4 Å². The van der Waals surface area contributed by atoms with Crippen molar-refractivity contribution in [3.8, 4) is 22.9 Å². The lowest BCUT2D eigenvalue weighted by atomic mass is 9.96. The zero-order valence-corrected chi connectivity index (χ0v) is 27.7. The third-order valence-corrected chi connectivity index (χ3v) is 8.86. The fourth-order valence-corrected chi connectivity index (χ4v) is 6.26. The van der Waals surface area contributed by atoms with Gasteiger partial charge in [0.25, 0.3) is 0 Å². The van der Waals surface area contributed by atoms with Crippen molar-refractivity contribution in [2.24, 2.45) is 17.6 Å². The molecule has 4 heterocycles. The number of benzene rings is 1. The molecule has 1 unspecified atom stereocenters. The Morgan fingerprint density at radius 2 is 1.65 bits per heavy atom. The van der Waals surface area contributed by atoms with Crippen LogP contribution in [-0.4, -0.2) is 96.1 Å². The van der Waals surface area contributed by atoms with E-state index in [-0.39, 0.29) is 17.9 Å². The molecule has 3 amide bonds. The Morgan fingerprint density at radius 3 is 2.28 bits per heavy atom. The van der Waals surface area contributed by atoms with Gasteiger partial charge in [-0.05, 0) is 61.7 Å². The van der Waals surface area contributed by atoms with Crippen molar-refractivity contribution < 1.29 is 14.3 Å². The summed E-state index contributed by atoms with van der Waals surface area (Å²) in [5.74, 6) is 1.51. The van der Waals surface area contributed by atoms with Crippen molar-refractivity contribution in [2.45, 2.75) is 26.3 Å². The second kappa shape index (κ2) is 15.7. The van der Waals surface area contributed by atoms with E-state index >= 15 is 0 Å². The Kier molecular flexibility index (Phi) is 11.5. The maximum Gasteiger partial charge on any atom is 0.314 e. The number of nitrogens with two attached hydrogens (primary N) is 1. The Labute approximate surface area is 279 Å². The highest BCUT2D eigenvalue weighted by atomic mass is 35.5. The largest absolute Gasteiger partial charge is 0.436 e. The number of anilines is 1. The van der Waals surface area contributed by atoms with Crippen LogP contribution in [0.1, 0.15) is 25.3 Å². The van der Waals surface area contributed by atoms with Crippen molar-refractivity contribution in [1.29, 1.82) is 0 Å². The molecule has 2 aromatic heterocycles. The number of hydrogen-bond acceptors (Lipinski definition) is 9. The summed E-state index contributed by atoms with van der Waals surface area (Å²) in [6, 6.07) is 9.19. The summed E-state index contributed by atoms with van der Waals surface area (Å²) in [7, 11) is 1.62. The first-order chi connectivity index (χ1) is 22.1. The van der Waals surface area contributed by atoms with Crippen molar-refractivity contribution in [3.05, 3.63) is 58.3 Å². The Hall–Kier alpha value is -3.71. The van der Waals surface area contributed by atoms with Crippen LogP contribution in [0.3, 0.4) is 0 Å². The molecule has 3 aromatic rings. The molecule has 2 aliphatic heterocycles. The van der Waals surface area contributed by atoms with E-state index in [0.29, 0.717) is 52.3 Å². The number of aromatic nitrogens is 3. The van der Waals surface area contributed by atoms with Crippen LogP contribution < -0.4 is 26.0 Å². The maximum absolute atomic E-state index is 11.6. The Balaban J connectivity index is 1.26. The first-order valence-electron chi connectivity index (χ1n) is 15.6. The zero-order valence-electron chi connectivity index (χ0n) is 26.2. The quantitative estimate of drug-likeness (QED) is 0.276.